The maximum atomic E-state index is 4.61. The van der Waals surface area contributed by atoms with Crippen molar-refractivity contribution in [2.75, 3.05) is 9.80 Å². The highest BCUT2D eigenvalue weighted by Gasteiger charge is 2.19. The Morgan fingerprint density at radius 1 is 0.500 bits per heavy atom. The van der Waals surface area contributed by atoms with Crippen molar-refractivity contribution < 1.29 is 0 Å². The number of hydrogen-bond acceptors (Lipinski definition) is 2. The van der Waals surface area contributed by atoms with E-state index in [4.69, 9.17) is 0 Å². The zero-order valence-corrected chi connectivity index (χ0v) is 32.0. The van der Waals surface area contributed by atoms with Crippen LogP contribution in [0, 0.1) is 55.4 Å². The van der Waals surface area contributed by atoms with Crippen LogP contribution in [0.5, 0.6) is 0 Å². The molecule has 0 spiro atoms. The Balaban J connectivity index is 1.49. The first kappa shape index (κ1) is 35.9. The third-order valence-corrected chi connectivity index (χ3v) is 10.5. The summed E-state index contributed by atoms with van der Waals surface area (Å²) in [6.45, 7) is 26.0. The van der Waals surface area contributed by atoms with E-state index >= 15 is 0 Å². The second-order valence-corrected chi connectivity index (χ2v) is 14.1. The minimum Gasteiger partial charge on any atom is -0.311 e. The number of allylic oxidation sites excluding steroid dienone is 3. The molecule has 0 N–H and O–H groups in total. The van der Waals surface area contributed by atoms with Crippen molar-refractivity contribution in [2.45, 2.75) is 55.4 Å². The predicted octanol–water partition coefficient (Wildman–Crippen LogP) is 14.3. The predicted molar refractivity (Wildman–Crippen MR) is 229 cm³/mol. The Hall–Kier alpha value is -5.86. The molecule has 6 rings (SSSR count). The Morgan fingerprint density at radius 2 is 0.981 bits per heavy atom. The van der Waals surface area contributed by atoms with Crippen molar-refractivity contribution in [3.8, 4) is 0 Å². The average Bonchev–Trinajstić information content (AvgIpc) is 3.12. The molecule has 260 valence electrons. The molecular weight excluding hydrogens is 629 g/mol. The fraction of sp³-hybridized carbons (Fsp3) is 0.160. The molecule has 0 radical (unpaired) electrons. The molecule has 0 saturated carbocycles. The van der Waals surface area contributed by atoms with Crippen LogP contribution in [0.15, 0.2) is 140 Å². The van der Waals surface area contributed by atoms with Gasteiger partial charge in [-0.05, 0) is 177 Å². The lowest BCUT2D eigenvalue weighted by Crippen LogP contribution is -2.15. The molecule has 2 nitrogen and oxygen atoms in total. The van der Waals surface area contributed by atoms with Crippen molar-refractivity contribution in [3.63, 3.8) is 0 Å². The summed E-state index contributed by atoms with van der Waals surface area (Å²) in [5, 5.41) is 2.34. The summed E-state index contributed by atoms with van der Waals surface area (Å²) in [5.41, 5.74) is 18.9. The monoisotopic (exact) mass is 678 g/mol. The van der Waals surface area contributed by atoms with E-state index in [1.54, 1.807) is 0 Å². The topological polar surface area (TPSA) is 6.48 Å². The highest BCUT2D eigenvalue weighted by molar-refractivity contribution is 6.04. The number of hydrogen-bond donors (Lipinski definition) is 0. The third-order valence-electron chi connectivity index (χ3n) is 10.5. The van der Waals surface area contributed by atoms with Gasteiger partial charge < -0.3 is 9.80 Å². The van der Waals surface area contributed by atoms with E-state index in [1.165, 1.54) is 55.3 Å². The minimum absolute atomic E-state index is 0.884. The van der Waals surface area contributed by atoms with Gasteiger partial charge in [0.05, 0.1) is 5.69 Å². The van der Waals surface area contributed by atoms with Gasteiger partial charge in [0.15, 0.2) is 0 Å². The first-order chi connectivity index (χ1) is 25.0. The van der Waals surface area contributed by atoms with Gasteiger partial charge in [0.2, 0.25) is 0 Å². The molecule has 6 aromatic carbocycles. The summed E-state index contributed by atoms with van der Waals surface area (Å²) in [4.78, 5) is 4.64. The quantitative estimate of drug-likeness (QED) is 0.133. The van der Waals surface area contributed by atoms with Gasteiger partial charge in [0, 0.05) is 33.8 Å². The maximum absolute atomic E-state index is 4.61. The van der Waals surface area contributed by atoms with Gasteiger partial charge >= 0.3 is 0 Å². The number of anilines is 5. The van der Waals surface area contributed by atoms with Gasteiger partial charge in [-0.1, -0.05) is 86.0 Å². The molecule has 0 bridgehead atoms. The van der Waals surface area contributed by atoms with Crippen LogP contribution >= 0.6 is 0 Å². The first-order valence-electron chi connectivity index (χ1n) is 18.1. The molecule has 0 aromatic heterocycles. The summed E-state index contributed by atoms with van der Waals surface area (Å²) >= 11 is 0. The zero-order chi connectivity index (χ0) is 37.1. The van der Waals surface area contributed by atoms with E-state index in [0.29, 0.717) is 0 Å². The summed E-state index contributed by atoms with van der Waals surface area (Å²) in [6.07, 6.45) is 10.4. The van der Waals surface area contributed by atoms with Crippen molar-refractivity contribution in [1.82, 2.24) is 0 Å². The number of aryl methyl sites for hydroxylation is 8. The van der Waals surface area contributed by atoms with Crippen LogP contribution < -0.4 is 9.80 Å². The van der Waals surface area contributed by atoms with Crippen LogP contribution in [0.2, 0.25) is 0 Å². The Bertz CT molecular complexity index is 2280. The molecule has 52 heavy (non-hydrogen) atoms. The van der Waals surface area contributed by atoms with Crippen molar-refractivity contribution in [3.05, 3.63) is 196 Å². The fourth-order valence-corrected chi connectivity index (χ4v) is 6.70. The molecule has 0 amide bonds. The number of nitrogens with zero attached hydrogens (tertiary/aromatic N) is 2. The molecule has 0 atom stereocenters. The van der Waals surface area contributed by atoms with Crippen molar-refractivity contribution >= 4 is 51.4 Å². The second kappa shape index (κ2) is 15.2. The van der Waals surface area contributed by atoms with Crippen molar-refractivity contribution in [2.24, 2.45) is 0 Å². The molecule has 2 heteroatoms. The van der Waals surface area contributed by atoms with Crippen LogP contribution in [-0.4, -0.2) is 0 Å². The Labute approximate surface area is 311 Å². The summed E-state index contributed by atoms with van der Waals surface area (Å²) in [7, 11) is 0. The second-order valence-electron chi connectivity index (χ2n) is 14.1. The number of benzene rings is 6. The Kier molecular flexibility index (Phi) is 10.5. The van der Waals surface area contributed by atoms with Gasteiger partial charge in [-0.25, -0.2) is 0 Å². The third kappa shape index (κ3) is 7.29. The summed E-state index contributed by atoms with van der Waals surface area (Å²) in [6, 6.07) is 37.8. The van der Waals surface area contributed by atoms with Gasteiger partial charge in [0.25, 0.3) is 0 Å². The van der Waals surface area contributed by atoms with E-state index in [9.17, 15) is 0 Å². The first-order valence-corrected chi connectivity index (χ1v) is 18.1. The lowest BCUT2D eigenvalue weighted by molar-refractivity contribution is 1.19. The SMILES string of the molecule is C=C/C=C\c1c(/C=C\C(=C)N(c2ccc(C)c(C)c2)c2ccc(C)c(C)c2)ccc2c(N(c3ccc(C)c(C)c3)c3ccc(C)c(C)c3)cccc12. The molecule has 0 saturated heterocycles. The molecule has 0 aliphatic rings. The van der Waals surface area contributed by atoms with Crippen LogP contribution in [0.4, 0.5) is 28.4 Å². The van der Waals surface area contributed by atoms with E-state index in [-0.39, 0.29) is 0 Å². The molecule has 0 unspecified atom stereocenters. The highest BCUT2D eigenvalue weighted by Crippen LogP contribution is 2.42. The van der Waals surface area contributed by atoms with E-state index < -0.39 is 0 Å². The van der Waals surface area contributed by atoms with Gasteiger partial charge in [0.1, 0.15) is 0 Å². The normalized spacial score (nSPS) is 11.5. The summed E-state index contributed by atoms with van der Waals surface area (Å²) in [5.74, 6) is 0. The van der Waals surface area contributed by atoms with E-state index in [1.807, 2.05) is 12.2 Å². The zero-order valence-electron chi connectivity index (χ0n) is 32.0. The van der Waals surface area contributed by atoms with Gasteiger partial charge in [-0.3, -0.25) is 0 Å². The molecule has 0 aliphatic carbocycles. The standard InChI is InChI=1S/C50H50N2/c1-11-12-14-47-42(22-21-41(10)51(43-24-17-33(2)37(6)29-43)44-25-18-34(3)38(7)30-44)23-28-49-48(47)15-13-16-50(49)52(45-26-19-35(4)39(8)31-45)46-27-20-36(5)40(9)32-46/h11-32H,1,10H2,2-9H3/b14-12-,22-21-. The largest absolute Gasteiger partial charge is 0.311 e. The highest BCUT2D eigenvalue weighted by atomic mass is 15.1. The number of fused-ring (bicyclic) bond motifs is 1. The Morgan fingerprint density at radius 3 is 1.46 bits per heavy atom. The molecule has 0 aliphatic heterocycles. The minimum atomic E-state index is 0.884. The van der Waals surface area contributed by atoms with Crippen molar-refractivity contribution in [1.29, 1.82) is 0 Å². The van der Waals surface area contributed by atoms with Crippen LogP contribution in [0.25, 0.3) is 22.9 Å². The van der Waals surface area contributed by atoms with Gasteiger partial charge in [-0.15, -0.1) is 0 Å². The van der Waals surface area contributed by atoms with Gasteiger partial charge in [-0.2, -0.15) is 0 Å². The van der Waals surface area contributed by atoms with Crippen LogP contribution in [-0.2, 0) is 0 Å². The molecular formula is C50H50N2. The van der Waals surface area contributed by atoms with Crippen LogP contribution in [0.3, 0.4) is 0 Å². The average molecular weight is 679 g/mol. The summed E-state index contributed by atoms with van der Waals surface area (Å²) < 4.78 is 0. The maximum Gasteiger partial charge on any atom is 0.0540 e. The molecule has 0 fully saturated rings. The number of rotatable bonds is 10. The molecule has 6 aromatic rings. The molecule has 0 heterocycles. The smallest absolute Gasteiger partial charge is 0.0540 e. The van der Waals surface area contributed by atoms with Crippen LogP contribution in [0.1, 0.15) is 55.6 Å². The van der Waals surface area contributed by atoms with E-state index in [2.05, 4.69) is 200 Å². The van der Waals surface area contributed by atoms with E-state index in [0.717, 1.165) is 45.3 Å². The lowest BCUT2D eigenvalue weighted by atomic mass is 9.95. The lowest BCUT2D eigenvalue weighted by Gasteiger charge is -2.28. The fourth-order valence-electron chi connectivity index (χ4n) is 6.70.